The van der Waals surface area contributed by atoms with Gasteiger partial charge in [0, 0.05) is 42.7 Å². The molecule has 4 rings (SSSR count). The van der Waals surface area contributed by atoms with Gasteiger partial charge in [-0.05, 0) is 55.3 Å². The molecule has 1 N–H and O–H groups in total. The highest BCUT2D eigenvalue weighted by Crippen LogP contribution is 2.26. The third-order valence-electron chi connectivity index (χ3n) is 5.76. The smallest absolute Gasteiger partial charge is 0.359 e. The molecule has 1 aliphatic heterocycles. The van der Waals surface area contributed by atoms with Crippen molar-refractivity contribution in [2.75, 3.05) is 25.5 Å². The molecular weight excluding hydrogens is 415 g/mol. The number of hydrogen-bond donors (Lipinski definition) is 1. The SMILES string of the molecule is COC(=O)c1nn(C)c2ccc(C(=O)C3CCN(C(=O)Nc4ccc(F)cc4)CC3)cc12. The third-order valence-corrected chi connectivity index (χ3v) is 5.76. The molecule has 9 heteroatoms. The van der Waals surface area contributed by atoms with Gasteiger partial charge in [-0.3, -0.25) is 9.48 Å². The molecule has 0 aliphatic carbocycles. The van der Waals surface area contributed by atoms with Crippen LogP contribution in [0.5, 0.6) is 0 Å². The molecule has 0 radical (unpaired) electrons. The molecule has 2 heterocycles. The number of likely N-dealkylation sites (tertiary alicyclic amines) is 1. The van der Waals surface area contributed by atoms with Crippen molar-refractivity contribution in [1.29, 1.82) is 0 Å². The van der Waals surface area contributed by atoms with E-state index in [2.05, 4.69) is 10.4 Å². The lowest BCUT2D eigenvalue weighted by atomic mass is 9.88. The van der Waals surface area contributed by atoms with Crippen LogP contribution in [0.15, 0.2) is 42.5 Å². The van der Waals surface area contributed by atoms with Crippen molar-refractivity contribution < 1.29 is 23.5 Å². The monoisotopic (exact) mass is 438 g/mol. The number of anilines is 1. The number of ketones is 1. The van der Waals surface area contributed by atoms with Gasteiger partial charge in [-0.25, -0.2) is 14.0 Å². The Morgan fingerprint density at radius 1 is 1.09 bits per heavy atom. The summed E-state index contributed by atoms with van der Waals surface area (Å²) in [5, 5.41) is 7.51. The highest BCUT2D eigenvalue weighted by Gasteiger charge is 2.29. The summed E-state index contributed by atoms with van der Waals surface area (Å²) in [5.74, 6) is -1.17. The number of esters is 1. The first kappa shape index (κ1) is 21.5. The van der Waals surface area contributed by atoms with Crippen molar-refractivity contribution in [2.45, 2.75) is 12.8 Å². The molecule has 1 aliphatic rings. The van der Waals surface area contributed by atoms with E-state index in [0.717, 1.165) is 5.52 Å². The van der Waals surface area contributed by atoms with Crippen LogP contribution in [0, 0.1) is 11.7 Å². The van der Waals surface area contributed by atoms with E-state index in [1.807, 2.05) is 0 Å². The number of amides is 2. The van der Waals surface area contributed by atoms with E-state index in [1.165, 1.54) is 31.4 Å². The number of hydrogen-bond acceptors (Lipinski definition) is 5. The largest absolute Gasteiger partial charge is 0.464 e. The lowest BCUT2D eigenvalue weighted by molar-refractivity contribution is 0.0595. The Hall–Kier alpha value is -3.75. The Kier molecular flexibility index (Phi) is 5.89. The van der Waals surface area contributed by atoms with E-state index in [9.17, 15) is 18.8 Å². The average molecular weight is 438 g/mol. The summed E-state index contributed by atoms with van der Waals surface area (Å²) in [6.45, 7) is 0.873. The van der Waals surface area contributed by atoms with Crippen LogP contribution in [-0.2, 0) is 11.8 Å². The Morgan fingerprint density at radius 3 is 2.44 bits per heavy atom. The van der Waals surface area contributed by atoms with Crippen LogP contribution < -0.4 is 5.32 Å². The second-order valence-corrected chi connectivity index (χ2v) is 7.76. The first-order chi connectivity index (χ1) is 15.4. The number of nitrogens with zero attached hydrogens (tertiary/aromatic N) is 3. The van der Waals surface area contributed by atoms with Gasteiger partial charge in [0.25, 0.3) is 0 Å². The second kappa shape index (κ2) is 8.78. The maximum atomic E-state index is 13.1. The van der Waals surface area contributed by atoms with Gasteiger partial charge in [0.05, 0.1) is 12.6 Å². The van der Waals surface area contributed by atoms with Crippen LogP contribution in [0.1, 0.15) is 33.7 Å². The van der Waals surface area contributed by atoms with Gasteiger partial charge >= 0.3 is 12.0 Å². The number of benzene rings is 2. The number of nitrogens with one attached hydrogen (secondary N) is 1. The number of ether oxygens (including phenoxy) is 1. The minimum absolute atomic E-state index is 0.0230. The molecule has 2 amide bonds. The second-order valence-electron chi connectivity index (χ2n) is 7.76. The van der Waals surface area contributed by atoms with Crippen LogP contribution in [-0.4, -0.2) is 52.7 Å². The summed E-state index contributed by atoms with van der Waals surface area (Å²) in [6, 6.07) is 10.5. The topological polar surface area (TPSA) is 93.5 Å². The van der Waals surface area contributed by atoms with Gasteiger partial charge in [0.1, 0.15) is 5.82 Å². The predicted molar refractivity (Wildman–Crippen MR) is 116 cm³/mol. The van der Waals surface area contributed by atoms with E-state index in [0.29, 0.717) is 42.6 Å². The van der Waals surface area contributed by atoms with Crippen LogP contribution in [0.4, 0.5) is 14.9 Å². The lowest BCUT2D eigenvalue weighted by Gasteiger charge is -2.31. The highest BCUT2D eigenvalue weighted by atomic mass is 19.1. The summed E-state index contributed by atoms with van der Waals surface area (Å²) in [4.78, 5) is 39.2. The molecule has 32 heavy (non-hydrogen) atoms. The third kappa shape index (κ3) is 4.18. The molecule has 0 spiro atoms. The summed E-state index contributed by atoms with van der Waals surface area (Å²) >= 11 is 0. The molecule has 0 saturated carbocycles. The molecule has 3 aromatic rings. The molecule has 8 nitrogen and oxygen atoms in total. The molecule has 1 aromatic heterocycles. The van der Waals surface area contributed by atoms with Gasteiger partial charge < -0.3 is 15.0 Å². The summed E-state index contributed by atoms with van der Waals surface area (Å²) < 4.78 is 19.4. The Labute approximate surface area is 183 Å². The number of Topliss-reactive ketones (excluding diaryl/α,β-unsaturated/α-hetero) is 1. The van der Waals surface area contributed by atoms with Crippen molar-refractivity contribution in [3.05, 3.63) is 59.5 Å². The number of halogens is 1. The van der Waals surface area contributed by atoms with E-state index in [4.69, 9.17) is 4.74 Å². The normalized spacial score (nSPS) is 14.4. The maximum Gasteiger partial charge on any atom is 0.359 e. The maximum absolute atomic E-state index is 13.1. The molecule has 1 fully saturated rings. The van der Waals surface area contributed by atoms with E-state index >= 15 is 0 Å². The standard InChI is InChI=1S/C23H23FN4O4/c1-27-19-8-3-15(13-18(19)20(26-27)22(30)32-2)21(29)14-9-11-28(12-10-14)23(31)25-17-6-4-16(24)5-7-17/h3-8,13-14H,9-12H2,1-2H3,(H,25,31). The van der Waals surface area contributed by atoms with Crippen LogP contribution >= 0.6 is 0 Å². The van der Waals surface area contributed by atoms with Gasteiger partial charge in [-0.1, -0.05) is 0 Å². The van der Waals surface area contributed by atoms with Crippen LogP contribution in [0.3, 0.4) is 0 Å². The van der Waals surface area contributed by atoms with Gasteiger partial charge in [0.2, 0.25) is 0 Å². The predicted octanol–water partition coefficient (Wildman–Crippen LogP) is 3.63. The van der Waals surface area contributed by atoms with Crippen molar-refractivity contribution in [3.63, 3.8) is 0 Å². The molecule has 0 atom stereocenters. The fourth-order valence-corrected chi connectivity index (χ4v) is 3.98. The molecule has 0 bridgehead atoms. The van der Waals surface area contributed by atoms with Crippen molar-refractivity contribution in [1.82, 2.24) is 14.7 Å². The average Bonchev–Trinajstić information content (AvgIpc) is 3.15. The number of methoxy groups -OCH3 is 1. The Bertz CT molecular complexity index is 1180. The number of aromatic nitrogens is 2. The number of rotatable bonds is 4. The minimum atomic E-state index is -0.555. The first-order valence-corrected chi connectivity index (χ1v) is 10.3. The quantitative estimate of drug-likeness (QED) is 0.496. The molecule has 2 aromatic carbocycles. The summed E-state index contributed by atoms with van der Waals surface area (Å²) in [5.41, 5.74) is 1.92. The van der Waals surface area contributed by atoms with Crippen molar-refractivity contribution in [2.24, 2.45) is 13.0 Å². The van der Waals surface area contributed by atoms with Crippen LogP contribution in [0.2, 0.25) is 0 Å². The number of carbonyl (C=O) groups is 3. The zero-order valence-corrected chi connectivity index (χ0v) is 17.8. The minimum Gasteiger partial charge on any atom is -0.464 e. The zero-order valence-electron chi connectivity index (χ0n) is 17.8. The lowest BCUT2D eigenvalue weighted by Crippen LogP contribution is -2.42. The number of piperidine rings is 1. The molecule has 0 unspecified atom stereocenters. The Balaban J connectivity index is 1.43. The summed E-state index contributed by atoms with van der Waals surface area (Å²) in [6.07, 6.45) is 1.06. The van der Waals surface area contributed by atoms with Gasteiger partial charge in [-0.15, -0.1) is 0 Å². The number of urea groups is 1. The van der Waals surface area contributed by atoms with E-state index < -0.39 is 5.97 Å². The Morgan fingerprint density at radius 2 is 1.78 bits per heavy atom. The van der Waals surface area contributed by atoms with Gasteiger partial charge in [0.15, 0.2) is 11.5 Å². The summed E-state index contributed by atoms with van der Waals surface area (Å²) in [7, 11) is 3.01. The van der Waals surface area contributed by atoms with Crippen molar-refractivity contribution >= 4 is 34.4 Å². The van der Waals surface area contributed by atoms with E-state index in [1.54, 1.807) is 34.8 Å². The fourth-order valence-electron chi connectivity index (χ4n) is 3.98. The van der Waals surface area contributed by atoms with Crippen LogP contribution in [0.25, 0.3) is 10.9 Å². The number of carbonyl (C=O) groups excluding carboxylic acids is 3. The zero-order chi connectivity index (χ0) is 22.8. The molecular formula is C23H23FN4O4. The number of fused-ring (bicyclic) bond motifs is 1. The van der Waals surface area contributed by atoms with E-state index in [-0.39, 0.29) is 29.2 Å². The number of aryl methyl sites for hydroxylation is 1. The highest BCUT2D eigenvalue weighted by molar-refractivity contribution is 6.06. The first-order valence-electron chi connectivity index (χ1n) is 10.3. The molecule has 166 valence electrons. The molecule has 1 saturated heterocycles. The fraction of sp³-hybridized carbons (Fsp3) is 0.304. The van der Waals surface area contributed by atoms with Gasteiger partial charge in [-0.2, -0.15) is 5.10 Å². The van der Waals surface area contributed by atoms with Crippen molar-refractivity contribution in [3.8, 4) is 0 Å².